The van der Waals surface area contributed by atoms with Crippen LogP contribution < -0.4 is 16.1 Å². The first-order chi connectivity index (χ1) is 18.2. The van der Waals surface area contributed by atoms with E-state index in [2.05, 4.69) is 55.0 Å². The van der Waals surface area contributed by atoms with Gasteiger partial charge in [0.2, 0.25) is 0 Å². The van der Waals surface area contributed by atoms with Crippen LogP contribution in [0.15, 0.2) is 73.2 Å². The number of ether oxygens (including phenoxy) is 1. The van der Waals surface area contributed by atoms with Gasteiger partial charge in [0.25, 0.3) is 8.32 Å². The van der Waals surface area contributed by atoms with Crippen LogP contribution in [-0.2, 0) is 15.8 Å². The van der Waals surface area contributed by atoms with Gasteiger partial charge in [0.1, 0.15) is 36.1 Å². The molecule has 1 fully saturated rings. The highest BCUT2D eigenvalue weighted by Crippen LogP contribution is 2.39. The van der Waals surface area contributed by atoms with Crippen LogP contribution >= 0.6 is 0 Å². The number of rotatable bonds is 7. The highest BCUT2D eigenvalue weighted by atomic mass is 28.4. The fraction of sp³-hybridized carbons (Fsp3) is 0.357. The quantitative estimate of drug-likeness (QED) is 0.263. The first-order valence-electron chi connectivity index (χ1n) is 12.7. The molecule has 38 heavy (non-hydrogen) atoms. The SMILES string of the molecule is CC(C)(C)[Si](OCc1cn([C@@H]2O[C@H](CO)[C@@H](O)[C@H]2O)c2ncnc(N)c12)(c1ccccc1)c1ccccc1. The number of aliphatic hydroxyl groups excluding tert-OH is 3. The normalized spacial score (nSPS) is 22.3. The maximum absolute atomic E-state index is 10.7. The summed E-state index contributed by atoms with van der Waals surface area (Å²) in [4.78, 5) is 8.62. The highest BCUT2D eigenvalue weighted by Gasteiger charge is 2.50. The molecule has 0 unspecified atom stereocenters. The van der Waals surface area contributed by atoms with Crippen molar-refractivity contribution in [2.24, 2.45) is 0 Å². The summed E-state index contributed by atoms with van der Waals surface area (Å²) in [6, 6.07) is 20.7. The van der Waals surface area contributed by atoms with E-state index in [1.807, 2.05) is 36.4 Å². The van der Waals surface area contributed by atoms with Gasteiger partial charge in [-0.1, -0.05) is 81.4 Å². The van der Waals surface area contributed by atoms with E-state index in [0.717, 1.165) is 15.9 Å². The summed E-state index contributed by atoms with van der Waals surface area (Å²) in [5.41, 5.74) is 7.52. The molecule has 0 aliphatic carbocycles. The monoisotopic (exact) mass is 534 g/mol. The summed E-state index contributed by atoms with van der Waals surface area (Å²) in [6.07, 6.45) is -1.23. The number of aromatic nitrogens is 3. The second-order valence-electron chi connectivity index (χ2n) is 10.7. The van der Waals surface area contributed by atoms with Crippen LogP contribution in [0, 0.1) is 0 Å². The maximum atomic E-state index is 10.7. The van der Waals surface area contributed by atoms with E-state index in [1.165, 1.54) is 6.33 Å². The number of fused-ring (bicyclic) bond motifs is 1. The van der Waals surface area contributed by atoms with Crippen molar-refractivity contribution < 1.29 is 24.5 Å². The lowest BCUT2D eigenvalue weighted by Crippen LogP contribution is -2.66. The Kier molecular flexibility index (Phi) is 7.12. The Bertz CT molecular complexity index is 1350. The smallest absolute Gasteiger partial charge is 0.261 e. The number of nitrogens with zero attached hydrogens (tertiary/aromatic N) is 3. The molecule has 0 saturated carbocycles. The molecule has 9 nitrogen and oxygen atoms in total. The summed E-state index contributed by atoms with van der Waals surface area (Å²) in [5.74, 6) is 0.279. The number of nitrogens with two attached hydrogens (primary N) is 1. The van der Waals surface area contributed by atoms with Crippen LogP contribution in [0.1, 0.15) is 32.6 Å². The molecular weight excluding hydrogens is 500 g/mol. The predicted molar refractivity (Wildman–Crippen MR) is 147 cm³/mol. The largest absolute Gasteiger partial charge is 0.403 e. The average Bonchev–Trinajstić information content (AvgIpc) is 3.42. The molecule has 1 aliphatic heterocycles. The van der Waals surface area contributed by atoms with Gasteiger partial charge >= 0.3 is 0 Å². The molecule has 0 bridgehead atoms. The van der Waals surface area contributed by atoms with Crippen molar-refractivity contribution in [1.29, 1.82) is 0 Å². The minimum absolute atomic E-state index is 0.211. The summed E-state index contributed by atoms with van der Waals surface area (Å²) < 4.78 is 14.5. The predicted octanol–water partition coefficient (Wildman–Crippen LogP) is 1.70. The van der Waals surface area contributed by atoms with E-state index in [4.69, 9.17) is 14.9 Å². The molecule has 10 heteroatoms. The van der Waals surface area contributed by atoms with E-state index >= 15 is 0 Å². The molecule has 5 N–H and O–H groups in total. The van der Waals surface area contributed by atoms with Gasteiger partial charge in [-0.15, -0.1) is 0 Å². The minimum atomic E-state index is -2.84. The summed E-state index contributed by atoms with van der Waals surface area (Å²) in [7, 11) is -2.84. The third-order valence-corrected chi connectivity index (χ3v) is 12.4. The van der Waals surface area contributed by atoms with Crippen molar-refractivity contribution in [3.63, 3.8) is 0 Å². The van der Waals surface area contributed by atoms with Crippen LogP contribution in [0.4, 0.5) is 5.82 Å². The number of nitrogen functional groups attached to an aromatic ring is 1. The van der Waals surface area contributed by atoms with Gasteiger partial charge < -0.3 is 34.8 Å². The molecule has 4 atom stereocenters. The Labute approximate surface area is 222 Å². The van der Waals surface area contributed by atoms with Gasteiger partial charge in [-0.25, -0.2) is 9.97 Å². The molecule has 200 valence electrons. The first kappa shape index (κ1) is 26.5. The molecule has 0 amide bonds. The van der Waals surface area contributed by atoms with E-state index in [1.54, 1.807) is 10.8 Å². The Morgan fingerprint density at radius 3 is 2.11 bits per heavy atom. The van der Waals surface area contributed by atoms with E-state index in [9.17, 15) is 15.3 Å². The number of hydrogen-bond donors (Lipinski definition) is 4. The van der Waals surface area contributed by atoms with Crippen molar-refractivity contribution in [2.75, 3.05) is 12.3 Å². The molecule has 4 aromatic rings. The van der Waals surface area contributed by atoms with E-state index in [0.29, 0.717) is 11.0 Å². The van der Waals surface area contributed by atoms with Crippen LogP contribution in [0.5, 0.6) is 0 Å². The standard InChI is InChI=1S/C28H34N4O5Si/c1-28(2,3)38(19-10-6-4-7-11-19,20-12-8-5-9-13-20)36-16-18-14-32(26-22(18)25(29)30-17-31-26)27-24(35)23(34)21(15-33)37-27/h4-14,17,21,23-24,27,33-35H,15-16H2,1-3H3,(H2,29,30,31)/t21-,23-,24-,27-/m1/s1. The Hall–Kier alpha value is -3.12. The highest BCUT2D eigenvalue weighted by molar-refractivity contribution is 6.99. The van der Waals surface area contributed by atoms with Gasteiger partial charge in [-0.2, -0.15) is 0 Å². The molecule has 3 heterocycles. The molecular formula is C28H34N4O5Si. The minimum Gasteiger partial charge on any atom is -0.403 e. The zero-order valence-electron chi connectivity index (χ0n) is 21.7. The lowest BCUT2D eigenvalue weighted by atomic mass is 10.1. The third kappa shape index (κ3) is 4.33. The Balaban J connectivity index is 1.62. The summed E-state index contributed by atoms with van der Waals surface area (Å²) in [5, 5.41) is 33.3. The van der Waals surface area contributed by atoms with Crippen molar-refractivity contribution in [2.45, 2.75) is 57.0 Å². The van der Waals surface area contributed by atoms with Gasteiger partial charge in [0.15, 0.2) is 6.23 Å². The number of benzene rings is 2. The number of anilines is 1. The fourth-order valence-corrected chi connectivity index (χ4v) is 10.1. The lowest BCUT2D eigenvalue weighted by molar-refractivity contribution is -0.0509. The summed E-state index contributed by atoms with van der Waals surface area (Å²) >= 11 is 0. The molecule has 5 rings (SSSR count). The second-order valence-corrected chi connectivity index (χ2v) is 15.0. The number of aliphatic hydroxyl groups is 3. The van der Waals surface area contributed by atoms with Gasteiger partial charge in [0, 0.05) is 11.8 Å². The van der Waals surface area contributed by atoms with Crippen LogP contribution in [0.3, 0.4) is 0 Å². The third-order valence-electron chi connectivity index (χ3n) is 7.37. The molecule has 1 saturated heterocycles. The van der Waals surface area contributed by atoms with Crippen molar-refractivity contribution >= 4 is 35.5 Å². The lowest BCUT2D eigenvalue weighted by Gasteiger charge is -2.43. The second kappa shape index (κ2) is 10.2. The Morgan fingerprint density at radius 1 is 0.974 bits per heavy atom. The van der Waals surface area contributed by atoms with Crippen LogP contribution in [-0.4, -0.2) is 63.1 Å². The zero-order valence-corrected chi connectivity index (χ0v) is 22.7. The number of hydrogen-bond acceptors (Lipinski definition) is 8. The Morgan fingerprint density at radius 2 is 1.58 bits per heavy atom. The average molecular weight is 535 g/mol. The molecule has 2 aromatic heterocycles. The first-order valence-corrected chi connectivity index (χ1v) is 14.6. The summed E-state index contributed by atoms with van der Waals surface area (Å²) in [6.45, 7) is 6.41. The van der Waals surface area contributed by atoms with Crippen LogP contribution in [0.2, 0.25) is 5.04 Å². The molecule has 1 aliphatic rings. The van der Waals surface area contributed by atoms with Crippen molar-refractivity contribution in [1.82, 2.24) is 14.5 Å². The molecule has 0 spiro atoms. The van der Waals surface area contributed by atoms with E-state index < -0.39 is 39.5 Å². The van der Waals surface area contributed by atoms with Gasteiger partial charge in [-0.05, 0) is 15.4 Å². The van der Waals surface area contributed by atoms with Gasteiger partial charge in [-0.3, -0.25) is 0 Å². The van der Waals surface area contributed by atoms with Gasteiger partial charge in [0.05, 0.1) is 18.6 Å². The fourth-order valence-electron chi connectivity index (χ4n) is 5.55. The van der Waals surface area contributed by atoms with E-state index in [-0.39, 0.29) is 17.5 Å². The van der Waals surface area contributed by atoms with Crippen LogP contribution in [0.25, 0.3) is 11.0 Å². The maximum Gasteiger partial charge on any atom is 0.261 e. The van der Waals surface area contributed by atoms with Crippen molar-refractivity contribution in [3.05, 3.63) is 78.8 Å². The topological polar surface area (TPSA) is 136 Å². The molecule has 0 radical (unpaired) electrons. The zero-order chi connectivity index (χ0) is 27.1. The molecule has 2 aromatic carbocycles. The van der Waals surface area contributed by atoms with Crippen molar-refractivity contribution in [3.8, 4) is 0 Å².